The molecule has 0 unspecified atom stereocenters. The largest absolute Gasteiger partial charge is 0.497 e. The summed E-state index contributed by atoms with van der Waals surface area (Å²) < 4.78 is 136. The number of rotatable bonds is 20. The van der Waals surface area contributed by atoms with Gasteiger partial charge < -0.3 is 39.0 Å². The van der Waals surface area contributed by atoms with E-state index in [9.17, 15) is 59.1 Å². The SMILES string of the molecule is CCCN(O)C(=O)c1ccc(Nc2ncc(-c3ccc(C(F)(F)F)cc3)o2)cn1.CCCN(OCc1ccc(OC)cc1)C(=O)c1ccc(Nc2ncc(-c3ccc(C(F)(F)F)cc3)o2)cn1.O=C(O)c1ccc(Nc2ncc(-c3ccc(C(F)(F)F)cc3)o2)cn1. The molecule has 0 aliphatic rings. The molecule has 21 nitrogen and oxygen atoms in total. The number of carboxylic acid groups (broad SMARTS) is 1. The van der Waals surface area contributed by atoms with Crippen LogP contribution in [0.1, 0.15) is 80.4 Å². The minimum absolute atomic E-state index is 0.0735. The molecule has 0 spiro atoms. The standard InChI is InChI=1S/C27H25F3N4O4.C19H17F3N4O3.C16H10F3N3O3/c1-3-14-34(37-17-18-4-11-22(36-2)12-5-18)25(35)23-13-10-21(15-31-23)33-26-32-16-24(38-26)19-6-8-20(9-7-19)27(28,29)30;1-2-9-26(28)17(27)15-8-7-14(10-23-15)25-18-24-11-16(29-18)12-3-5-13(6-4-12)19(20,21)22;17-16(18,19)10-3-1-9(2-4-10)13-8-21-15(25-13)22-11-5-6-12(14(23)24)20-7-11/h4-13,15-16H,3,14,17H2,1-2H3,(H,32,33);3-8,10-11,28H,2,9H2,1H3,(H,24,25);1-8H,(H,21,22)(H,23,24). The number of aromatic carboxylic acids is 1. The van der Waals surface area contributed by atoms with Crippen LogP contribution < -0.4 is 20.7 Å². The number of alkyl halides is 9. The van der Waals surface area contributed by atoms with Gasteiger partial charge in [-0.3, -0.25) is 19.6 Å². The number of carbonyl (C=O) groups excluding carboxylic acids is 2. The van der Waals surface area contributed by atoms with Crippen molar-refractivity contribution >= 4 is 52.9 Å². The third-order valence-electron chi connectivity index (χ3n) is 12.6. The molecule has 6 aromatic heterocycles. The van der Waals surface area contributed by atoms with Crippen LogP contribution in [0.5, 0.6) is 5.75 Å². The second-order valence-electron chi connectivity index (χ2n) is 19.2. The topological polar surface area (TPSA) is 269 Å². The van der Waals surface area contributed by atoms with Crippen molar-refractivity contribution in [2.75, 3.05) is 36.1 Å². The van der Waals surface area contributed by atoms with Crippen LogP contribution >= 0.6 is 0 Å². The Hall–Kier alpha value is -11.1. The number of pyridine rings is 3. The zero-order valence-electron chi connectivity index (χ0n) is 48.3. The Morgan fingerprint density at radius 2 is 0.826 bits per heavy atom. The number of amides is 2. The average molecular weight is 1280 g/mol. The van der Waals surface area contributed by atoms with E-state index in [0.29, 0.717) is 64.0 Å². The predicted octanol–water partition coefficient (Wildman–Crippen LogP) is 15.4. The number of oxazole rings is 3. The van der Waals surface area contributed by atoms with Crippen molar-refractivity contribution in [3.63, 3.8) is 0 Å². The Kier molecular flexibility index (Phi) is 21.7. The maximum Gasteiger partial charge on any atom is 0.416 e. The Morgan fingerprint density at radius 1 is 0.467 bits per heavy atom. The summed E-state index contributed by atoms with van der Waals surface area (Å²) in [4.78, 5) is 65.4. The summed E-state index contributed by atoms with van der Waals surface area (Å²) in [5, 5.41) is 28.8. The van der Waals surface area contributed by atoms with Gasteiger partial charge in [0.2, 0.25) is 0 Å². The van der Waals surface area contributed by atoms with Gasteiger partial charge in [-0.15, -0.1) is 0 Å². The summed E-state index contributed by atoms with van der Waals surface area (Å²) in [5.74, 6) is -0.541. The molecule has 92 heavy (non-hydrogen) atoms. The molecule has 6 heterocycles. The Morgan fingerprint density at radius 3 is 1.14 bits per heavy atom. The highest BCUT2D eigenvalue weighted by Gasteiger charge is 2.32. The molecule has 0 bridgehead atoms. The first kappa shape index (κ1) is 66.8. The van der Waals surface area contributed by atoms with Gasteiger partial charge in [0.25, 0.3) is 29.9 Å². The number of nitrogens with zero attached hydrogens (tertiary/aromatic N) is 8. The number of ether oxygens (including phenoxy) is 1. The van der Waals surface area contributed by atoms with E-state index in [1.807, 2.05) is 38.1 Å². The fraction of sp³-hybridized carbons (Fsp3) is 0.177. The Balaban J connectivity index is 0.000000182. The van der Waals surface area contributed by atoms with Crippen molar-refractivity contribution in [1.29, 1.82) is 0 Å². The normalized spacial score (nSPS) is 11.3. The van der Waals surface area contributed by atoms with E-state index in [1.54, 1.807) is 25.3 Å². The molecule has 0 atom stereocenters. The summed E-state index contributed by atoms with van der Waals surface area (Å²) in [6.45, 7) is 4.56. The van der Waals surface area contributed by atoms with E-state index < -0.39 is 47.1 Å². The monoisotopic (exact) mass is 1280 g/mol. The number of hydrogen-bond acceptors (Lipinski definition) is 18. The third kappa shape index (κ3) is 18.5. The molecular formula is C62H52F9N11O10. The summed E-state index contributed by atoms with van der Waals surface area (Å²) in [6.07, 6.45) is -3.66. The van der Waals surface area contributed by atoms with Crippen LogP contribution in [0.25, 0.3) is 34.0 Å². The van der Waals surface area contributed by atoms with E-state index >= 15 is 0 Å². The second kappa shape index (κ2) is 29.9. The van der Waals surface area contributed by atoms with Gasteiger partial charge in [0.1, 0.15) is 29.4 Å². The highest BCUT2D eigenvalue weighted by atomic mass is 19.4. The number of halogens is 9. The second-order valence-corrected chi connectivity index (χ2v) is 19.2. The zero-order chi connectivity index (χ0) is 66.2. The Labute approximate surface area is 516 Å². The number of anilines is 6. The number of methoxy groups -OCH3 is 1. The molecule has 10 rings (SSSR count). The number of nitrogens with one attached hydrogen (secondary N) is 3. The van der Waals surface area contributed by atoms with Gasteiger partial charge in [0.15, 0.2) is 17.3 Å². The first-order valence-corrected chi connectivity index (χ1v) is 27.3. The van der Waals surface area contributed by atoms with Gasteiger partial charge in [0, 0.05) is 29.8 Å². The van der Waals surface area contributed by atoms with Crippen LogP contribution in [0.2, 0.25) is 0 Å². The minimum atomic E-state index is -4.41. The van der Waals surface area contributed by atoms with Crippen molar-refractivity contribution in [2.24, 2.45) is 0 Å². The highest BCUT2D eigenvalue weighted by molar-refractivity contribution is 5.92. The van der Waals surface area contributed by atoms with Crippen molar-refractivity contribution < 1.29 is 87.0 Å². The summed E-state index contributed by atoms with van der Waals surface area (Å²) >= 11 is 0. The fourth-order valence-electron chi connectivity index (χ4n) is 7.90. The molecule has 4 aromatic carbocycles. The molecule has 5 N–H and O–H groups in total. The van der Waals surface area contributed by atoms with E-state index in [0.717, 1.165) is 47.7 Å². The molecule has 478 valence electrons. The van der Waals surface area contributed by atoms with Crippen LogP contribution in [0, 0.1) is 0 Å². The van der Waals surface area contributed by atoms with Crippen LogP contribution in [0.15, 0.2) is 184 Å². The molecule has 10 aromatic rings. The first-order chi connectivity index (χ1) is 43.9. The molecule has 0 fully saturated rings. The molecule has 0 aliphatic heterocycles. The molecule has 0 radical (unpaired) electrons. The molecule has 30 heteroatoms. The maximum atomic E-state index is 13.0. The fourth-order valence-corrected chi connectivity index (χ4v) is 7.90. The van der Waals surface area contributed by atoms with E-state index in [-0.39, 0.29) is 65.7 Å². The summed E-state index contributed by atoms with van der Waals surface area (Å²) in [5.41, 5.74) is 1.55. The lowest BCUT2D eigenvalue weighted by atomic mass is 10.1. The van der Waals surface area contributed by atoms with Crippen molar-refractivity contribution in [3.8, 4) is 39.7 Å². The van der Waals surface area contributed by atoms with Gasteiger partial charge in [-0.25, -0.2) is 44.8 Å². The average Bonchev–Trinajstić information content (AvgIpc) is 2.05. The van der Waals surface area contributed by atoms with Gasteiger partial charge in [-0.1, -0.05) is 62.4 Å². The number of hydroxylamine groups is 4. The minimum Gasteiger partial charge on any atom is -0.497 e. The van der Waals surface area contributed by atoms with Crippen molar-refractivity contribution in [3.05, 3.63) is 210 Å². The van der Waals surface area contributed by atoms with E-state index in [2.05, 4.69) is 45.9 Å². The highest BCUT2D eigenvalue weighted by Crippen LogP contribution is 2.35. The lowest BCUT2D eigenvalue weighted by Gasteiger charge is -2.21. The van der Waals surface area contributed by atoms with E-state index in [4.69, 9.17) is 27.9 Å². The van der Waals surface area contributed by atoms with Gasteiger partial charge in [-0.05, 0) is 103 Å². The quantitative estimate of drug-likeness (QED) is 0.0269. The van der Waals surface area contributed by atoms with Crippen molar-refractivity contribution in [1.82, 2.24) is 40.0 Å². The zero-order valence-corrected chi connectivity index (χ0v) is 48.3. The summed E-state index contributed by atoms with van der Waals surface area (Å²) in [6, 6.07) is 30.2. The van der Waals surface area contributed by atoms with Crippen LogP contribution in [0.3, 0.4) is 0 Å². The molecule has 0 saturated carbocycles. The molecule has 0 aliphatic carbocycles. The molecule has 0 saturated heterocycles. The number of carbonyl (C=O) groups is 3. The maximum absolute atomic E-state index is 13.0. The van der Waals surface area contributed by atoms with Crippen LogP contribution in [-0.4, -0.2) is 88.3 Å². The number of aromatic nitrogens is 6. The third-order valence-corrected chi connectivity index (χ3v) is 12.6. The molecule has 2 amide bonds. The van der Waals surface area contributed by atoms with Crippen LogP contribution in [0.4, 0.5) is 74.6 Å². The van der Waals surface area contributed by atoms with Crippen molar-refractivity contribution in [2.45, 2.75) is 51.8 Å². The number of benzene rings is 4. The number of carboxylic acids is 1. The summed E-state index contributed by atoms with van der Waals surface area (Å²) in [7, 11) is 1.59. The van der Waals surface area contributed by atoms with Crippen LogP contribution in [-0.2, 0) is 30.0 Å². The molecular weight excluding hydrogens is 1230 g/mol. The van der Waals surface area contributed by atoms with Gasteiger partial charge in [0.05, 0.1) is 78.0 Å². The smallest absolute Gasteiger partial charge is 0.416 e. The Bertz CT molecular complexity index is 4020. The van der Waals surface area contributed by atoms with Gasteiger partial charge in [-0.2, -0.15) is 39.5 Å². The van der Waals surface area contributed by atoms with E-state index in [1.165, 1.54) is 96.8 Å². The number of hydrogen-bond donors (Lipinski definition) is 5. The lowest BCUT2D eigenvalue weighted by Crippen LogP contribution is -2.32. The van der Waals surface area contributed by atoms with Gasteiger partial charge >= 0.3 is 24.5 Å². The predicted molar refractivity (Wildman–Crippen MR) is 313 cm³/mol. The first-order valence-electron chi connectivity index (χ1n) is 27.3. The lowest BCUT2D eigenvalue weighted by molar-refractivity contribution is -0.138.